The lowest BCUT2D eigenvalue weighted by atomic mass is 10.0. The van der Waals surface area contributed by atoms with E-state index in [-0.39, 0.29) is 5.54 Å². The molecular weight excluding hydrogens is 292 g/mol. The lowest BCUT2D eigenvalue weighted by Crippen LogP contribution is -2.43. The van der Waals surface area contributed by atoms with Crippen LogP contribution in [0.4, 0.5) is 0 Å². The van der Waals surface area contributed by atoms with Crippen molar-refractivity contribution in [2.75, 3.05) is 0 Å². The van der Waals surface area contributed by atoms with Crippen molar-refractivity contribution in [2.45, 2.75) is 68.8 Å². The molecule has 4 nitrogen and oxygen atoms in total. The van der Waals surface area contributed by atoms with Crippen LogP contribution in [-0.4, -0.2) is 20.0 Å². The second kappa shape index (κ2) is 6.13. The van der Waals surface area contributed by atoms with Crippen molar-refractivity contribution in [2.24, 2.45) is 0 Å². The van der Waals surface area contributed by atoms with E-state index >= 15 is 0 Å². The van der Waals surface area contributed by atoms with Gasteiger partial charge in [0.1, 0.15) is 4.21 Å². The van der Waals surface area contributed by atoms with E-state index in [1.165, 1.54) is 11.3 Å². The number of thiophene rings is 1. The molecule has 1 aliphatic carbocycles. The Balaban J connectivity index is 2.06. The average Bonchev–Trinajstić information content (AvgIpc) is 2.95. The van der Waals surface area contributed by atoms with Crippen LogP contribution in [0.3, 0.4) is 0 Å². The van der Waals surface area contributed by atoms with E-state index in [1.807, 2.05) is 13.0 Å². The first-order valence-corrected chi connectivity index (χ1v) is 9.47. The Morgan fingerprint density at radius 3 is 2.55 bits per heavy atom. The molecule has 0 saturated heterocycles. The van der Waals surface area contributed by atoms with E-state index in [1.54, 1.807) is 6.07 Å². The van der Waals surface area contributed by atoms with Crippen molar-refractivity contribution >= 4 is 21.4 Å². The third-order valence-corrected chi connectivity index (χ3v) is 6.89. The Labute approximate surface area is 126 Å². The molecule has 1 fully saturated rings. The van der Waals surface area contributed by atoms with Gasteiger partial charge in [0.15, 0.2) is 0 Å². The molecule has 2 rings (SSSR count). The fraction of sp³-hybridized carbons (Fsp3) is 0.714. The van der Waals surface area contributed by atoms with Crippen LogP contribution in [0.5, 0.6) is 0 Å². The minimum absolute atomic E-state index is 0.265. The second-order valence-electron chi connectivity index (χ2n) is 6.13. The molecule has 114 valence electrons. The van der Waals surface area contributed by atoms with Crippen LogP contribution in [-0.2, 0) is 16.6 Å². The Hall–Kier alpha value is -0.430. The highest BCUT2D eigenvalue weighted by Gasteiger charge is 2.34. The molecule has 0 aromatic carbocycles. The van der Waals surface area contributed by atoms with Crippen LogP contribution in [0, 0.1) is 0 Å². The standard InChI is InChI=1S/C14H24N2O2S2/c1-11(2)15-10-12-6-7-13(19-12)20(17,18)16-14(3)8-4-5-9-14/h6-7,11,15-16H,4-5,8-10H2,1-3H3. The zero-order chi connectivity index (χ0) is 14.8. The SMILES string of the molecule is CC(C)NCc1ccc(S(=O)(=O)NC2(C)CCCC2)s1. The summed E-state index contributed by atoms with van der Waals surface area (Å²) in [5.74, 6) is 0. The Bertz CT molecular complexity index is 543. The Kier molecular flexibility index (Phi) is 4.89. The molecule has 0 radical (unpaired) electrons. The molecule has 1 heterocycles. The van der Waals surface area contributed by atoms with Crippen LogP contribution in [0.25, 0.3) is 0 Å². The fourth-order valence-corrected chi connectivity index (χ4v) is 5.31. The number of sulfonamides is 1. The molecular formula is C14H24N2O2S2. The van der Waals surface area contributed by atoms with Crippen LogP contribution in [0.2, 0.25) is 0 Å². The first-order chi connectivity index (χ1) is 9.31. The lowest BCUT2D eigenvalue weighted by Gasteiger charge is -2.24. The van der Waals surface area contributed by atoms with E-state index < -0.39 is 10.0 Å². The molecule has 1 aliphatic rings. The zero-order valence-corrected chi connectivity index (χ0v) is 14.0. The number of hydrogen-bond acceptors (Lipinski definition) is 4. The van der Waals surface area contributed by atoms with Crippen molar-refractivity contribution < 1.29 is 8.42 Å². The lowest BCUT2D eigenvalue weighted by molar-refractivity contribution is 0.428. The first-order valence-electron chi connectivity index (χ1n) is 7.17. The van der Waals surface area contributed by atoms with E-state index in [4.69, 9.17) is 0 Å². The van der Waals surface area contributed by atoms with Gasteiger partial charge in [0.2, 0.25) is 0 Å². The predicted molar refractivity (Wildman–Crippen MR) is 83.5 cm³/mol. The summed E-state index contributed by atoms with van der Waals surface area (Å²) in [6, 6.07) is 4.00. The molecule has 0 bridgehead atoms. The normalized spacial score (nSPS) is 18.8. The van der Waals surface area contributed by atoms with Gasteiger partial charge in [0, 0.05) is 23.0 Å². The molecule has 6 heteroatoms. The third-order valence-electron chi connectivity index (χ3n) is 3.67. The van der Waals surface area contributed by atoms with Gasteiger partial charge in [-0.2, -0.15) is 0 Å². The molecule has 0 amide bonds. The maximum absolute atomic E-state index is 12.4. The molecule has 0 atom stereocenters. The van der Waals surface area contributed by atoms with Crippen molar-refractivity contribution in [1.29, 1.82) is 0 Å². The molecule has 1 aromatic rings. The van der Waals surface area contributed by atoms with Crippen LogP contribution in [0.1, 0.15) is 51.3 Å². The molecule has 20 heavy (non-hydrogen) atoms. The summed E-state index contributed by atoms with van der Waals surface area (Å²) >= 11 is 1.35. The van der Waals surface area contributed by atoms with Crippen LogP contribution >= 0.6 is 11.3 Å². The first kappa shape index (κ1) is 15.9. The molecule has 0 aliphatic heterocycles. The highest BCUT2D eigenvalue weighted by Crippen LogP contribution is 2.31. The van der Waals surface area contributed by atoms with Crippen molar-refractivity contribution in [3.05, 3.63) is 17.0 Å². The smallest absolute Gasteiger partial charge is 0.250 e. The van der Waals surface area contributed by atoms with Crippen LogP contribution < -0.4 is 10.0 Å². The van der Waals surface area contributed by atoms with Gasteiger partial charge >= 0.3 is 0 Å². The summed E-state index contributed by atoms with van der Waals surface area (Å²) in [5, 5.41) is 3.30. The van der Waals surface area contributed by atoms with Gasteiger partial charge in [-0.05, 0) is 31.9 Å². The van der Waals surface area contributed by atoms with E-state index in [9.17, 15) is 8.42 Å². The highest BCUT2D eigenvalue weighted by molar-refractivity contribution is 7.91. The summed E-state index contributed by atoms with van der Waals surface area (Å²) in [7, 11) is -3.38. The van der Waals surface area contributed by atoms with E-state index in [2.05, 4.69) is 23.9 Å². The monoisotopic (exact) mass is 316 g/mol. The fourth-order valence-electron chi connectivity index (χ4n) is 2.53. The van der Waals surface area contributed by atoms with Gasteiger partial charge in [-0.25, -0.2) is 13.1 Å². The predicted octanol–water partition coefficient (Wildman–Crippen LogP) is 2.86. The van der Waals surface area contributed by atoms with Gasteiger partial charge in [0.25, 0.3) is 10.0 Å². The maximum atomic E-state index is 12.4. The van der Waals surface area contributed by atoms with E-state index in [0.717, 1.165) is 37.1 Å². The molecule has 1 aromatic heterocycles. The zero-order valence-electron chi connectivity index (χ0n) is 12.4. The Morgan fingerprint density at radius 2 is 1.95 bits per heavy atom. The molecule has 0 unspecified atom stereocenters. The minimum atomic E-state index is -3.38. The van der Waals surface area contributed by atoms with Gasteiger partial charge in [-0.1, -0.05) is 26.7 Å². The third kappa shape index (κ3) is 4.04. The van der Waals surface area contributed by atoms with Crippen molar-refractivity contribution in [1.82, 2.24) is 10.0 Å². The van der Waals surface area contributed by atoms with Gasteiger partial charge in [-0.3, -0.25) is 0 Å². The van der Waals surface area contributed by atoms with Crippen LogP contribution in [0.15, 0.2) is 16.3 Å². The summed E-state index contributed by atoms with van der Waals surface area (Å²) in [4.78, 5) is 1.05. The van der Waals surface area contributed by atoms with Gasteiger partial charge in [0.05, 0.1) is 0 Å². The summed E-state index contributed by atoms with van der Waals surface area (Å²) in [6.45, 7) is 6.88. The number of rotatable bonds is 6. The largest absolute Gasteiger partial charge is 0.310 e. The van der Waals surface area contributed by atoms with Crippen molar-refractivity contribution in [3.63, 3.8) is 0 Å². The van der Waals surface area contributed by atoms with E-state index in [0.29, 0.717) is 10.3 Å². The molecule has 0 spiro atoms. The summed E-state index contributed by atoms with van der Waals surface area (Å²) in [6.07, 6.45) is 4.07. The minimum Gasteiger partial charge on any atom is -0.310 e. The topological polar surface area (TPSA) is 58.2 Å². The maximum Gasteiger partial charge on any atom is 0.250 e. The van der Waals surface area contributed by atoms with Crippen molar-refractivity contribution in [3.8, 4) is 0 Å². The number of nitrogens with one attached hydrogen (secondary N) is 2. The second-order valence-corrected chi connectivity index (χ2v) is 9.21. The summed E-state index contributed by atoms with van der Waals surface area (Å²) < 4.78 is 28.2. The summed E-state index contributed by atoms with van der Waals surface area (Å²) in [5.41, 5.74) is -0.265. The highest BCUT2D eigenvalue weighted by atomic mass is 32.2. The van der Waals surface area contributed by atoms with Gasteiger partial charge in [-0.15, -0.1) is 11.3 Å². The molecule has 2 N–H and O–H groups in total. The van der Waals surface area contributed by atoms with Gasteiger partial charge < -0.3 is 5.32 Å². The quantitative estimate of drug-likeness (QED) is 0.848. The molecule has 1 saturated carbocycles. The Morgan fingerprint density at radius 1 is 1.30 bits per heavy atom. The number of hydrogen-bond donors (Lipinski definition) is 2. The average molecular weight is 316 g/mol.